The van der Waals surface area contributed by atoms with Crippen molar-refractivity contribution < 1.29 is 4.74 Å². The Kier molecular flexibility index (Phi) is 13.4. The fourth-order valence-corrected chi connectivity index (χ4v) is 3.58. The third-order valence-electron chi connectivity index (χ3n) is 5.54. The predicted molar refractivity (Wildman–Crippen MR) is 133 cm³/mol. The highest BCUT2D eigenvalue weighted by Gasteiger charge is 2.03. The van der Waals surface area contributed by atoms with E-state index in [9.17, 15) is 0 Å². The molecule has 0 unspecified atom stereocenters. The maximum Gasteiger partial charge on any atom is 0.159 e. The van der Waals surface area contributed by atoms with E-state index in [0.717, 1.165) is 43.0 Å². The van der Waals surface area contributed by atoms with Crippen LogP contribution in [0.25, 0.3) is 11.4 Å². The molecule has 0 aliphatic rings. The number of aromatic nitrogens is 2. The molecule has 3 heteroatoms. The number of unbranched alkanes of at least 4 members (excludes halogenated alkanes) is 9. The quantitative estimate of drug-likeness (QED) is 0.190. The first-order valence-corrected chi connectivity index (χ1v) is 12.5. The highest BCUT2D eigenvalue weighted by molar-refractivity contribution is 5.55. The number of nitrogens with zero attached hydrogens (tertiary/aromatic N) is 2. The average molecular weight is 423 g/mol. The van der Waals surface area contributed by atoms with Crippen LogP contribution in [0.4, 0.5) is 0 Å². The Morgan fingerprint density at radius 3 is 2.10 bits per heavy atom. The molecule has 0 radical (unpaired) electrons. The second-order valence-corrected chi connectivity index (χ2v) is 8.41. The molecule has 31 heavy (non-hydrogen) atoms. The van der Waals surface area contributed by atoms with Gasteiger partial charge in [0.25, 0.3) is 0 Å². The summed E-state index contributed by atoms with van der Waals surface area (Å²) in [4.78, 5) is 9.15. The summed E-state index contributed by atoms with van der Waals surface area (Å²) in [5.74, 6) is 1.70. The van der Waals surface area contributed by atoms with Crippen LogP contribution in [0.3, 0.4) is 0 Å². The summed E-state index contributed by atoms with van der Waals surface area (Å²) in [6.45, 7) is 5.25. The molecule has 0 saturated carbocycles. The van der Waals surface area contributed by atoms with Crippen LogP contribution in [-0.2, 0) is 6.42 Å². The van der Waals surface area contributed by atoms with Gasteiger partial charge in [-0.3, -0.25) is 0 Å². The van der Waals surface area contributed by atoms with E-state index >= 15 is 0 Å². The summed E-state index contributed by atoms with van der Waals surface area (Å²) in [6.07, 6.45) is 24.8. The number of benzene rings is 1. The molecule has 3 nitrogen and oxygen atoms in total. The van der Waals surface area contributed by atoms with Crippen LogP contribution in [0.1, 0.15) is 96.5 Å². The molecule has 0 spiro atoms. The molecule has 0 saturated heterocycles. The summed E-state index contributed by atoms with van der Waals surface area (Å²) in [5, 5.41) is 0. The van der Waals surface area contributed by atoms with Crippen LogP contribution >= 0.6 is 0 Å². The van der Waals surface area contributed by atoms with E-state index in [4.69, 9.17) is 4.74 Å². The molecule has 0 fully saturated rings. The van der Waals surface area contributed by atoms with E-state index in [2.05, 4.69) is 36.0 Å². The largest absolute Gasteiger partial charge is 0.494 e. The highest BCUT2D eigenvalue weighted by Crippen LogP contribution is 2.20. The van der Waals surface area contributed by atoms with E-state index < -0.39 is 0 Å². The molecule has 2 rings (SSSR count). The summed E-state index contributed by atoms with van der Waals surface area (Å²) in [7, 11) is 0. The second-order valence-electron chi connectivity index (χ2n) is 8.41. The molecule has 0 amide bonds. The van der Waals surface area contributed by atoms with Crippen molar-refractivity contribution in [3.8, 4) is 17.1 Å². The van der Waals surface area contributed by atoms with Crippen LogP contribution in [0.2, 0.25) is 0 Å². The van der Waals surface area contributed by atoms with E-state index in [0.29, 0.717) is 0 Å². The van der Waals surface area contributed by atoms with Gasteiger partial charge in [-0.05, 0) is 68.4 Å². The number of allylic oxidation sites excluding steroid dienone is 2. The first kappa shape index (κ1) is 25.1. The van der Waals surface area contributed by atoms with Gasteiger partial charge in [-0.25, -0.2) is 9.97 Å². The summed E-state index contributed by atoms with van der Waals surface area (Å²) in [6, 6.07) is 8.14. The molecular formula is C28H42N2O. The molecule has 1 aromatic carbocycles. The minimum absolute atomic E-state index is 0.769. The fourth-order valence-electron chi connectivity index (χ4n) is 3.58. The maximum absolute atomic E-state index is 5.86. The highest BCUT2D eigenvalue weighted by atomic mass is 16.5. The van der Waals surface area contributed by atoms with Gasteiger partial charge in [0, 0.05) is 18.0 Å². The van der Waals surface area contributed by atoms with Crippen molar-refractivity contribution >= 4 is 0 Å². The molecule has 0 bridgehead atoms. The third-order valence-corrected chi connectivity index (χ3v) is 5.54. The van der Waals surface area contributed by atoms with Crippen LogP contribution in [-0.4, -0.2) is 16.6 Å². The lowest BCUT2D eigenvalue weighted by molar-refractivity contribution is 0.307. The zero-order valence-electron chi connectivity index (χ0n) is 19.8. The first-order chi connectivity index (χ1) is 15.3. The fraction of sp³-hybridized carbons (Fsp3) is 0.571. The molecule has 1 heterocycles. The Morgan fingerprint density at radius 1 is 0.710 bits per heavy atom. The monoisotopic (exact) mass is 422 g/mol. The van der Waals surface area contributed by atoms with Crippen LogP contribution < -0.4 is 4.74 Å². The Morgan fingerprint density at radius 2 is 1.39 bits per heavy atom. The molecular weight excluding hydrogens is 380 g/mol. The molecule has 0 N–H and O–H groups in total. The van der Waals surface area contributed by atoms with Crippen molar-refractivity contribution in [1.82, 2.24) is 9.97 Å². The van der Waals surface area contributed by atoms with E-state index in [1.54, 1.807) is 0 Å². The van der Waals surface area contributed by atoms with Gasteiger partial charge in [0.1, 0.15) is 5.75 Å². The SMILES string of the molecule is CCCC=CCCCCOc1ccc(-c2ncc(CCCCCCCCC)cn2)cc1. The molecule has 0 aliphatic carbocycles. The van der Waals surface area contributed by atoms with Gasteiger partial charge in [0.15, 0.2) is 5.82 Å². The Hall–Kier alpha value is -2.16. The van der Waals surface area contributed by atoms with Gasteiger partial charge in [-0.2, -0.15) is 0 Å². The average Bonchev–Trinajstić information content (AvgIpc) is 2.81. The molecule has 2 aromatic rings. The zero-order chi connectivity index (χ0) is 22.0. The van der Waals surface area contributed by atoms with Gasteiger partial charge < -0.3 is 4.74 Å². The Labute approximate surface area is 190 Å². The second kappa shape index (κ2) is 16.5. The smallest absolute Gasteiger partial charge is 0.159 e. The van der Waals surface area contributed by atoms with Gasteiger partial charge >= 0.3 is 0 Å². The lowest BCUT2D eigenvalue weighted by Crippen LogP contribution is -1.97. The number of aryl methyl sites for hydroxylation is 1. The maximum atomic E-state index is 5.86. The molecule has 170 valence electrons. The minimum Gasteiger partial charge on any atom is -0.494 e. The normalized spacial score (nSPS) is 11.3. The number of hydrogen-bond acceptors (Lipinski definition) is 3. The summed E-state index contributed by atoms with van der Waals surface area (Å²) >= 11 is 0. The van der Waals surface area contributed by atoms with Gasteiger partial charge in [-0.1, -0.05) is 70.9 Å². The lowest BCUT2D eigenvalue weighted by Gasteiger charge is -2.07. The van der Waals surface area contributed by atoms with Crippen molar-refractivity contribution in [3.63, 3.8) is 0 Å². The van der Waals surface area contributed by atoms with Crippen molar-refractivity contribution in [2.24, 2.45) is 0 Å². The van der Waals surface area contributed by atoms with Gasteiger partial charge in [0.05, 0.1) is 6.61 Å². The van der Waals surface area contributed by atoms with E-state index in [1.165, 1.54) is 69.8 Å². The van der Waals surface area contributed by atoms with Crippen molar-refractivity contribution in [1.29, 1.82) is 0 Å². The van der Waals surface area contributed by atoms with E-state index in [-0.39, 0.29) is 0 Å². The summed E-state index contributed by atoms with van der Waals surface area (Å²) in [5.41, 5.74) is 2.28. The molecule has 0 atom stereocenters. The third kappa shape index (κ3) is 11.1. The Balaban J connectivity index is 1.65. The topological polar surface area (TPSA) is 35.0 Å². The van der Waals surface area contributed by atoms with Gasteiger partial charge in [-0.15, -0.1) is 0 Å². The summed E-state index contributed by atoms with van der Waals surface area (Å²) < 4.78 is 5.86. The standard InChI is InChI=1S/C28H42N2O/c1-3-5-7-9-11-13-15-17-25-23-29-28(30-24-25)26-18-20-27(21-19-26)31-22-16-14-12-10-8-6-4-2/h8,10,18-21,23-24H,3-7,9,11-17,22H2,1-2H3. The van der Waals surface area contributed by atoms with Crippen LogP contribution in [0.15, 0.2) is 48.8 Å². The van der Waals surface area contributed by atoms with Gasteiger partial charge in [0.2, 0.25) is 0 Å². The van der Waals surface area contributed by atoms with Crippen molar-refractivity contribution in [2.45, 2.75) is 97.3 Å². The Bertz CT molecular complexity index is 707. The van der Waals surface area contributed by atoms with Crippen LogP contribution in [0, 0.1) is 0 Å². The van der Waals surface area contributed by atoms with Crippen molar-refractivity contribution in [3.05, 3.63) is 54.4 Å². The molecule has 1 aromatic heterocycles. The van der Waals surface area contributed by atoms with Crippen LogP contribution in [0.5, 0.6) is 5.75 Å². The zero-order valence-corrected chi connectivity index (χ0v) is 19.8. The van der Waals surface area contributed by atoms with Crippen molar-refractivity contribution in [2.75, 3.05) is 6.61 Å². The minimum atomic E-state index is 0.769. The number of hydrogen-bond donors (Lipinski definition) is 0. The number of rotatable bonds is 17. The lowest BCUT2D eigenvalue weighted by atomic mass is 10.1. The predicted octanol–water partition coefficient (Wildman–Crippen LogP) is 8.34. The number of ether oxygens (including phenoxy) is 1. The molecule has 0 aliphatic heterocycles. The van der Waals surface area contributed by atoms with E-state index in [1.807, 2.05) is 36.7 Å². The first-order valence-electron chi connectivity index (χ1n) is 12.5.